The van der Waals surface area contributed by atoms with Gasteiger partial charge >= 0.3 is 5.97 Å². The molecule has 0 atom stereocenters. The Kier molecular flexibility index (Phi) is 11.0. The highest BCUT2D eigenvalue weighted by Crippen LogP contribution is 2.25. The van der Waals surface area contributed by atoms with Gasteiger partial charge in [-0.25, -0.2) is 0 Å². The summed E-state index contributed by atoms with van der Waals surface area (Å²) in [6.07, 6.45) is 7.68. The van der Waals surface area contributed by atoms with E-state index in [1.54, 1.807) is 18.2 Å². The van der Waals surface area contributed by atoms with Gasteiger partial charge in [0.1, 0.15) is 5.75 Å². The summed E-state index contributed by atoms with van der Waals surface area (Å²) in [5.74, 6) is -0.331. The molecule has 0 aliphatic carbocycles. The van der Waals surface area contributed by atoms with Gasteiger partial charge in [0.15, 0.2) is 0 Å². The predicted octanol–water partition coefficient (Wildman–Crippen LogP) is 4.89. The highest BCUT2D eigenvalue weighted by Gasteiger charge is 2.06. The molecule has 0 heterocycles. The lowest BCUT2D eigenvalue weighted by molar-refractivity contribution is -0.136. The van der Waals surface area contributed by atoms with E-state index in [0.717, 1.165) is 12.8 Å². The number of allylic oxidation sites excluding steroid dienone is 2. The van der Waals surface area contributed by atoms with Gasteiger partial charge < -0.3 is 9.84 Å². The zero-order valence-corrected chi connectivity index (χ0v) is 13.4. The Bertz CT molecular complexity index is 467. The van der Waals surface area contributed by atoms with E-state index in [2.05, 4.69) is 13.5 Å². The fraction of sp³-hybridized carbons (Fsp3) is 0.353. The summed E-state index contributed by atoms with van der Waals surface area (Å²) >= 11 is 5.96. The van der Waals surface area contributed by atoms with Crippen molar-refractivity contribution in [2.24, 2.45) is 0 Å². The zero-order valence-electron chi connectivity index (χ0n) is 12.6. The molecule has 0 amide bonds. The molecule has 1 N–H and O–H groups in total. The largest absolute Gasteiger partial charge is 0.492 e. The number of aliphatic carboxylic acids is 1. The predicted molar refractivity (Wildman–Crippen MR) is 88.2 cm³/mol. The number of hydrogen-bond acceptors (Lipinski definition) is 2. The molecule has 116 valence electrons. The van der Waals surface area contributed by atoms with Crippen molar-refractivity contribution in [1.82, 2.24) is 0 Å². The topological polar surface area (TPSA) is 46.5 Å². The molecule has 0 aliphatic rings. The maximum atomic E-state index is 10.6. The fourth-order valence-electron chi connectivity index (χ4n) is 1.35. The number of ether oxygens (including phenoxy) is 1. The first kappa shape index (κ1) is 19.3. The molecule has 1 aromatic rings. The van der Waals surface area contributed by atoms with Crippen molar-refractivity contribution in [2.45, 2.75) is 33.1 Å². The van der Waals surface area contributed by atoms with Crippen molar-refractivity contribution >= 4 is 17.6 Å². The summed E-state index contributed by atoms with van der Waals surface area (Å²) in [7, 11) is 0. The Morgan fingerprint density at radius 2 is 2.14 bits per heavy atom. The normalized spacial score (nSPS) is 9.86. The van der Waals surface area contributed by atoms with Crippen molar-refractivity contribution in [3.8, 4) is 5.75 Å². The van der Waals surface area contributed by atoms with Crippen LogP contribution < -0.4 is 4.74 Å². The fourth-order valence-corrected chi connectivity index (χ4v) is 1.52. The average Bonchev–Trinajstić information content (AvgIpc) is 2.46. The van der Waals surface area contributed by atoms with Crippen molar-refractivity contribution in [3.05, 3.63) is 53.6 Å². The van der Waals surface area contributed by atoms with Gasteiger partial charge in [-0.15, -0.1) is 6.58 Å². The first-order chi connectivity index (χ1) is 10.0. The van der Waals surface area contributed by atoms with Crippen LogP contribution in [-0.2, 0) is 11.2 Å². The lowest BCUT2D eigenvalue weighted by Crippen LogP contribution is -2.01. The average molecular weight is 311 g/mol. The van der Waals surface area contributed by atoms with Crippen LogP contribution in [0.25, 0.3) is 0 Å². The summed E-state index contributed by atoms with van der Waals surface area (Å²) < 4.78 is 5.48. The number of carboxylic acid groups (broad SMARTS) is 1. The third-order valence-electron chi connectivity index (χ3n) is 2.42. The van der Waals surface area contributed by atoms with E-state index in [1.165, 1.54) is 0 Å². The SMILES string of the molecule is C/C=C\CCOc1cc(CC(=O)O)ccc1Cl.C=CCC. The van der Waals surface area contributed by atoms with Crippen LogP contribution in [0.1, 0.15) is 32.3 Å². The minimum absolute atomic E-state index is 0.0254. The molecule has 0 spiro atoms. The molecule has 0 saturated carbocycles. The van der Waals surface area contributed by atoms with Crippen molar-refractivity contribution in [3.63, 3.8) is 0 Å². The molecule has 0 bridgehead atoms. The number of hydrogen-bond donors (Lipinski definition) is 1. The standard InChI is InChI=1S/C13H15ClO3.C4H8/c1-2-3-4-7-17-12-8-10(9-13(15)16)5-6-11(12)14;1-3-4-2/h2-3,5-6,8H,4,7,9H2,1H3,(H,15,16);3H,1,4H2,2H3/b3-2-;. The van der Waals surface area contributed by atoms with Gasteiger partial charge in [0.05, 0.1) is 18.1 Å². The van der Waals surface area contributed by atoms with Crippen LogP contribution in [0.2, 0.25) is 5.02 Å². The first-order valence-corrected chi connectivity index (χ1v) is 7.28. The van der Waals surface area contributed by atoms with Gasteiger partial charge in [-0.2, -0.15) is 0 Å². The molecule has 4 heteroatoms. The van der Waals surface area contributed by atoms with Crippen LogP contribution in [0.3, 0.4) is 0 Å². The lowest BCUT2D eigenvalue weighted by Gasteiger charge is -2.08. The highest BCUT2D eigenvalue weighted by molar-refractivity contribution is 6.32. The summed E-state index contributed by atoms with van der Waals surface area (Å²) in [6.45, 7) is 8.01. The third kappa shape index (κ3) is 9.74. The summed E-state index contributed by atoms with van der Waals surface area (Å²) in [5, 5.41) is 9.19. The van der Waals surface area contributed by atoms with Crippen LogP contribution >= 0.6 is 11.6 Å². The van der Waals surface area contributed by atoms with Crippen LogP contribution in [0, 0.1) is 0 Å². The van der Waals surface area contributed by atoms with Crippen LogP contribution in [-0.4, -0.2) is 17.7 Å². The van der Waals surface area contributed by atoms with Gasteiger partial charge in [-0.1, -0.05) is 42.8 Å². The van der Waals surface area contributed by atoms with Gasteiger partial charge in [0.2, 0.25) is 0 Å². The molecule has 0 aromatic heterocycles. The summed E-state index contributed by atoms with van der Waals surface area (Å²) in [6, 6.07) is 5.02. The number of rotatable bonds is 7. The van der Waals surface area contributed by atoms with Gasteiger partial charge in [0, 0.05) is 0 Å². The van der Waals surface area contributed by atoms with Crippen LogP contribution in [0.15, 0.2) is 43.0 Å². The lowest BCUT2D eigenvalue weighted by atomic mass is 10.1. The Morgan fingerprint density at radius 3 is 2.67 bits per heavy atom. The Balaban J connectivity index is 0.000000885. The van der Waals surface area contributed by atoms with Crippen molar-refractivity contribution in [1.29, 1.82) is 0 Å². The van der Waals surface area contributed by atoms with E-state index in [4.69, 9.17) is 21.4 Å². The van der Waals surface area contributed by atoms with Crippen molar-refractivity contribution in [2.75, 3.05) is 6.61 Å². The maximum absolute atomic E-state index is 10.6. The van der Waals surface area contributed by atoms with Gasteiger partial charge in [-0.05, 0) is 37.5 Å². The number of carboxylic acids is 1. The smallest absolute Gasteiger partial charge is 0.307 e. The van der Waals surface area contributed by atoms with E-state index in [9.17, 15) is 4.79 Å². The molecule has 1 rings (SSSR count). The zero-order chi connectivity index (χ0) is 16.1. The second-order valence-corrected chi connectivity index (χ2v) is 4.65. The molecule has 0 radical (unpaired) electrons. The number of carbonyl (C=O) groups is 1. The minimum Gasteiger partial charge on any atom is -0.492 e. The molecule has 21 heavy (non-hydrogen) atoms. The first-order valence-electron chi connectivity index (χ1n) is 6.90. The monoisotopic (exact) mass is 310 g/mol. The van der Waals surface area contributed by atoms with E-state index < -0.39 is 5.97 Å². The number of halogens is 1. The maximum Gasteiger partial charge on any atom is 0.307 e. The Hall–Kier alpha value is -1.74. The summed E-state index contributed by atoms with van der Waals surface area (Å²) in [4.78, 5) is 10.6. The second-order valence-electron chi connectivity index (χ2n) is 4.24. The van der Waals surface area contributed by atoms with E-state index in [1.807, 2.05) is 25.2 Å². The van der Waals surface area contributed by atoms with Gasteiger partial charge in [-0.3, -0.25) is 4.79 Å². The van der Waals surface area contributed by atoms with E-state index in [-0.39, 0.29) is 6.42 Å². The van der Waals surface area contributed by atoms with Crippen molar-refractivity contribution < 1.29 is 14.6 Å². The molecule has 0 saturated heterocycles. The van der Waals surface area contributed by atoms with Crippen LogP contribution in [0.4, 0.5) is 0 Å². The third-order valence-corrected chi connectivity index (χ3v) is 2.73. The molecule has 1 aromatic carbocycles. The highest BCUT2D eigenvalue weighted by atomic mass is 35.5. The molecule has 3 nitrogen and oxygen atoms in total. The van der Waals surface area contributed by atoms with E-state index >= 15 is 0 Å². The van der Waals surface area contributed by atoms with Crippen LogP contribution in [0.5, 0.6) is 5.75 Å². The van der Waals surface area contributed by atoms with E-state index in [0.29, 0.717) is 22.9 Å². The molecule has 0 unspecified atom stereocenters. The molecule has 0 fully saturated rings. The molecular formula is C17H23ClO3. The van der Waals surface area contributed by atoms with Gasteiger partial charge in [0.25, 0.3) is 0 Å². The Morgan fingerprint density at radius 1 is 1.48 bits per heavy atom. The number of benzene rings is 1. The second kappa shape index (κ2) is 12.0. The molecule has 0 aliphatic heterocycles. The summed E-state index contributed by atoms with van der Waals surface area (Å²) in [5.41, 5.74) is 0.683. The molecular weight excluding hydrogens is 288 g/mol. The minimum atomic E-state index is -0.868. The quantitative estimate of drug-likeness (QED) is 0.576. The Labute approximate surface area is 131 Å².